The number of benzene rings is 2. The Kier molecular flexibility index (Phi) is 4.74. The molecule has 1 aliphatic rings. The van der Waals surface area contributed by atoms with Gasteiger partial charge >= 0.3 is 0 Å². The average Bonchev–Trinajstić information content (AvgIpc) is 3.09. The summed E-state index contributed by atoms with van der Waals surface area (Å²) in [5, 5.41) is 0. The number of halogens is 1. The third kappa shape index (κ3) is 3.47. The van der Waals surface area contributed by atoms with Gasteiger partial charge in [-0.25, -0.2) is 4.39 Å². The summed E-state index contributed by atoms with van der Waals surface area (Å²) in [4.78, 5) is 2.53. The fraction of sp³-hybridized carbons (Fsp3) is 0.368. The van der Waals surface area contributed by atoms with Crippen molar-refractivity contribution in [2.24, 2.45) is 0 Å². The van der Waals surface area contributed by atoms with Gasteiger partial charge in [0, 0.05) is 6.04 Å². The molecule has 0 bridgehead atoms. The first kappa shape index (κ1) is 15.0. The molecular weight excluding hydrogens is 277 g/mol. The normalized spacial score (nSPS) is 16.6. The predicted molar refractivity (Wildman–Crippen MR) is 86.6 cm³/mol. The van der Waals surface area contributed by atoms with Crippen LogP contribution < -0.4 is 4.74 Å². The molecule has 0 spiro atoms. The molecule has 3 rings (SSSR count). The Morgan fingerprint density at radius 2 is 1.64 bits per heavy atom. The smallest absolute Gasteiger partial charge is 0.123 e. The molecule has 2 aromatic rings. The van der Waals surface area contributed by atoms with Crippen molar-refractivity contribution in [3.05, 3.63) is 65.5 Å². The molecule has 0 radical (unpaired) electrons. The van der Waals surface area contributed by atoms with Crippen LogP contribution in [-0.4, -0.2) is 25.1 Å². The Bertz CT molecular complexity index is 588. The summed E-state index contributed by atoms with van der Waals surface area (Å²) in [5.41, 5.74) is 2.47. The highest BCUT2D eigenvalue weighted by molar-refractivity contribution is 5.31. The second-order valence-electron chi connectivity index (χ2n) is 5.86. The molecule has 3 heteroatoms. The van der Waals surface area contributed by atoms with Gasteiger partial charge in [-0.15, -0.1) is 0 Å². The van der Waals surface area contributed by atoms with E-state index in [9.17, 15) is 4.39 Å². The van der Waals surface area contributed by atoms with Crippen LogP contribution in [0.3, 0.4) is 0 Å². The minimum Gasteiger partial charge on any atom is -0.497 e. The maximum atomic E-state index is 13.1. The molecule has 1 fully saturated rings. The second kappa shape index (κ2) is 6.93. The van der Waals surface area contributed by atoms with Gasteiger partial charge in [-0.05, 0) is 67.7 Å². The van der Waals surface area contributed by atoms with Crippen LogP contribution in [-0.2, 0) is 6.42 Å². The molecule has 0 saturated carbocycles. The number of ether oxygens (including phenoxy) is 1. The Hall–Kier alpha value is -1.87. The van der Waals surface area contributed by atoms with Crippen LogP contribution >= 0.6 is 0 Å². The van der Waals surface area contributed by atoms with Crippen molar-refractivity contribution in [3.63, 3.8) is 0 Å². The molecule has 1 atom stereocenters. The maximum absolute atomic E-state index is 13.1. The summed E-state index contributed by atoms with van der Waals surface area (Å²) >= 11 is 0. The first-order valence-corrected chi connectivity index (χ1v) is 7.89. The summed E-state index contributed by atoms with van der Waals surface area (Å²) in [6, 6.07) is 15.5. The monoisotopic (exact) mass is 299 g/mol. The SMILES string of the molecule is COc1ccc(C(Cc2ccc(F)cc2)N2CCCC2)cc1. The molecule has 1 heterocycles. The van der Waals surface area contributed by atoms with E-state index >= 15 is 0 Å². The summed E-state index contributed by atoms with van der Waals surface area (Å²) < 4.78 is 18.4. The Balaban J connectivity index is 1.83. The van der Waals surface area contributed by atoms with Crippen LogP contribution in [0.5, 0.6) is 5.75 Å². The van der Waals surface area contributed by atoms with Crippen LogP contribution in [0.1, 0.15) is 30.0 Å². The van der Waals surface area contributed by atoms with Crippen LogP contribution in [0.15, 0.2) is 48.5 Å². The third-order valence-electron chi connectivity index (χ3n) is 4.42. The summed E-state index contributed by atoms with van der Waals surface area (Å²) in [7, 11) is 1.69. The zero-order valence-electron chi connectivity index (χ0n) is 13.0. The van der Waals surface area contributed by atoms with Gasteiger partial charge in [0.1, 0.15) is 11.6 Å². The molecule has 22 heavy (non-hydrogen) atoms. The van der Waals surface area contributed by atoms with E-state index in [1.807, 2.05) is 24.3 Å². The Morgan fingerprint density at radius 1 is 1.00 bits per heavy atom. The molecule has 2 aromatic carbocycles. The van der Waals surface area contributed by atoms with Gasteiger partial charge in [-0.1, -0.05) is 24.3 Å². The van der Waals surface area contributed by atoms with Crippen molar-refractivity contribution in [1.29, 1.82) is 0 Å². The lowest BCUT2D eigenvalue weighted by molar-refractivity contribution is 0.244. The van der Waals surface area contributed by atoms with Gasteiger partial charge in [-0.3, -0.25) is 4.90 Å². The lowest BCUT2D eigenvalue weighted by Crippen LogP contribution is -2.27. The Morgan fingerprint density at radius 3 is 2.23 bits per heavy atom. The number of hydrogen-bond acceptors (Lipinski definition) is 2. The van der Waals surface area contributed by atoms with Crippen molar-refractivity contribution >= 4 is 0 Å². The summed E-state index contributed by atoms with van der Waals surface area (Å²) in [5.74, 6) is 0.705. The number of hydrogen-bond donors (Lipinski definition) is 0. The number of rotatable bonds is 5. The van der Waals surface area contributed by atoms with E-state index in [0.29, 0.717) is 6.04 Å². The molecule has 2 nitrogen and oxygen atoms in total. The molecule has 0 amide bonds. The van der Waals surface area contributed by atoms with E-state index in [0.717, 1.165) is 25.3 Å². The topological polar surface area (TPSA) is 12.5 Å². The van der Waals surface area contributed by atoms with E-state index in [1.54, 1.807) is 19.2 Å². The zero-order chi connectivity index (χ0) is 15.4. The molecule has 0 aromatic heterocycles. The number of methoxy groups -OCH3 is 1. The third-order valence-corrected chi connectivity index (χ3v) is 4.42. The maximum Gasteiger partial charge on any atom is 0.123 e. The highest BCUT2D eigenvalue weighted by atomic mass is 19.1. The molecule has 1 aliphatic heterocycles. The van der Waals surface area contributed by atoms with Gasteiger partial charge in [-0.2, -0.15) is 0 Å². The fourth-order valence-electron chi connectivity index (χ4n) is 3.18. The largest absolute Gasteiger partial charge is 0.497 e. The van der Waals surface area contributed by atoms with Crippen LogP contribution in [0, 0.1) is 5.82 Å². The first-order valence-electron chi connectivity index (χ1n) is 7.89. The van der Waals surface area contributed by atoms with Crippen LogP contribution in [0.25, 0.3) is 0 Å². The van der Waals surface area contributed by atoms with E-state index in [2.05, 4.69) is 17.0 Å². The van der Waals surface area contributed by atoms with Crippen molar-refractivity contribution in [3.8, 4) is 5.75 Å². The van der Waals surface area contributed by atoms with Gasteiger partial charge in [0.25, 0.3) is 0 Å². The van der Waals surface area contributed by atoms with Crippen molar-refractivity contribution in [1.82, 2.24) is 4.90 Å². The standard InChI is InChI=1S/C19H22FNO/c1-22-18-10-6-16(7-11-18)19(21-12-2-3-13-21)14-15-4-8-17(20)9-5-15/h4-11,19H,2-3,12-14H2,1H3. The second-order valence-corrected chi connectivity index (χ2v) is 5.86. The van der Waals surface area contributed by atoms with E-state index in [1.165, 1.54) is 24.0 Å². The number of nitrogens with zero attached hydrogens (tertiary/aromatic N) is 1. The molecule has 116 valence electrons. The zero-order valence-corrected chi connectivity index (χ0v) is 13.0. The number of likely N-dealkylation sites (tertiary alicyclic amines) is 1. The van der Waals surface area contributed by atoms with Crippen molar-refractivity contribution in [2.45, 2.75) is 25.3 Å². The van der Waals surface area contributed by atoms with Gasteiger partial charge in [0.15, 0.2) is 0 Å². The fourth-order valence-corrected chi connectivity index (χ4v) is 3.18. The van der Waals surface area contributed by atoms with E-state index in [4.69, 9.17) is 4.74 Å². The molecule has 0 N–H and O–H groups in total. The van der Waals surface area contributed by atoms with Crippen molar-refractivity contribution < 1.29 is 9.13 Å². The molecule has 1 saturated heterocycles. The quantitative estimate of drug-likeness (QED) is 0.820. The molecular formula is C19H22FNO. The highest BCUT2D eigenvalue weighted by Gasteiger charge is 2.23. The minimum atomic E-state index is -0.175. The van der Waals surface area contributed by atoms with E-state index in [-0.39, 0.29) is 5.82 Å². The Labute approximate surface area is 131 Å². The lowest BCUT2D eigenvalue weighted by Gasteiger charge is -2.28. The van der Waals surface area contributed by atoms with E-state index < -0.39 is 0 Å². The summed E-state index contributed by atoms with van der Waals surface area (Å²) in [6.45, 7) is 2.27. The first-order chi connectivity index (χ1) is 10.8. The van der Waals surface area contributed by atoms with Gasteiger partial charge in [0.05, 0.1) is 7.11 Å². The minimum absolute atomic E-state index is 0.175. The van der Waals surface area contributed by atoms with Crippen molar-refractivity contribution in [2.75, 3.05) is 20.2 Å². The van der Waals surface area contributed by atoms with Crippen LogP contribution in [0.2, 0.25) is 0 Å². The summed E-state index contributed by atoms with van der Waals surface area (Å²) in [6.07, 6.45) is 3.43. The molecule has 1 unspecified atom stereocenters. The lowest BCUT2D eigenvalue weighted by atomic mass is 9.97. The molecule has 0 aliphatic carbocycles. The van der Waals surface area contributed by atoms with Gasteiger partial charge in [0.2, 0.25) is 0 Å². The average molecular weight is 299 g/mol. The van der Waals surface area contributed by atoms with Crippen LogP contribution in [0.4, 0.5) is 4.39 Å². The van der Waals surface area contributed by atoms with Gasteiger partial charge < -0.3 is 4.74 Å². The highest BCUT2D eigenvalue weighted by Crippen LogP contribution is 2.29. The predicted octanol–water partition coefficient (Wildman–Crippen LogP) is 4.21.